The van der Waals surface area contributed by atoms with Crippen LogP contribution >= 0.6 is 0 Å². The average Bonchev–Trinajstić information content (AvgIpc) is 2.96. The molecule has 128 valence electrons. The number of amides is 1. The molecule has 6 nitrogen and oxygen atoms in total. The first-order chi connectivity index (χ1) is 10.9. The van der Waals surface area contributed by atoms with Crippen LogP contribution < -0.4 is 15.4 Å². The van der Waals surface area contributed by atoms with Crippen molar-refractivity contribution >= 4 is 17.5 Å². The lowest BCUT2D eigenvalue weighted by molar-refractivity contribution is 0.0635. The zero-order valence-corrected chi connectivity index (χ0v) is 14.3. The van der Waals surface area contributed by atoms with Crippen LogP contribution in [0.2, 0.25) is 0 Å². The largest absolute Gasteiger partial charge is 0.495 e. The van der Waals surface area contributed by atoms with E-state index in [2.05, 4.69) is 10.6 Å². The maximum absolute atomic E-state index is 11.9. The number of hydrogen-bond donors (Lipinski definition) is 2. The first kappa shape index (κ1) is 17.4. The van der Waals surface area contributed by atoms with Crippen molar-refractivity contribution in [2.75, 3.05) is 30.9 Å². The maximum Gasteiger partial charge on any atom is 0.412 e. The fraction of sp³-hybridized carbons (Fsp3) is 0.588. The van der Waals surface area contributed by atoms with Crippen LogP contribution in [0.25, 0.3) is 0 Å². The van der Waals surface area contributed by atoms with Crippen molar-refractivity contribution in [1.82, 2.24) is 0 Å². The van der Waals surface area contributed by atoms with E-state index in [1.165, 1.54) is 0 Å². The number of rotatable bonds is 5. The van der Waals surface area contributed by atoms with Crippen LogP contribution in [0.15, 0.2) is 18.2 Å². The molecule has 0 radical (unpaired) electrons. The standard InChI is InChI=1S/C17H26N2O4/c1-17(2,3)23-16(20)19-14-10-12(7-8-15(14)21-4)18-11-13-6-5-9-22-13/h7-8,10,13,18H,5-6,9,11H2,1-4H3,(H,19,20). The third-order valence-corrected chi connectivity index (χ3v) is 3.39. The summed E-state index contributed by atoms with van der Waals surface area (Å²) in [6, 6.07) is 5.55. The SMILES string of the molecule is COc1ccc(NCC2CCCO2)cc1NC(=O)OC(C)(C)C. The molecule has 1 aromatic rings. The third kappa shape index (κ3) is 5.63. The summed E-state index contributed by atoms with van der Waals surface area (Å²) in [6.45, 7) is 7.05. The van der Waals surface area contributed by atoms with E-state index in [0.717, 1.165) is 31.7 Å². The van der Waals surface area contributed by atoms with E-state index < -0.39 is 11.7 Å². The molecule has 1 saturated heterocycles. The number of nitrogens with one attached hydrogen (secondary N) is 2. The second kappa shape index (κ2) is 7.55. The molecule has 2 rings (SSSR count). The van der Waals surface area contributed by atoms with Crippen LogP contribution in [0.1, 0.15) is 33.6 Å². The number of benzene rings is 1. The molecular weight excluding hydrogens is 296 g/mol. The molecule has 1 atom stereocenters. The highest BCUT2D eigenvalue weighted by molar-refractivity contribution is 5.88. The lowest BCUT2D eigenvalue weighted by Gasteiger charge is -2.20. The number of methoxy groups -OCH3 is 1. The molecule has 1 amide bonds. The highest BCUT2D eigenvalue weighted by atomic mass is 16.6. The molecule has 0 bridgehead atoms. The van der Waals surface area contributed by atoms with Crippen LogP contribution in [0, 0.1) is 0 Å². The van der Waals surface area contributed by atoms with Crippen LogP contribution in [-0.4, -0.2) is 38.1 Å². The first-order valence-electron chi connectivity index (χ1n) is 7.91. The molecule has 6 heteroatoms. The topological polar surface area (TPSA) is 68.8 Å². The number of hydrogen-bond acceptors (Lipinski definition) is 5. The Bertz CT molecular complexity index is 534. The average molecular weight is 322 g/mol. The van der Waals surface area contributed by atoms with Gasteiger partial charge >= 0.3 is 6.09 Å². The minimum Gasteiger partial charge on any atom is -0.495 e. The Morgan fingerprint density at radius 2 is 2.17 bits per heavy atom. The molecule has 1 heterocycles. The van der Waals surface area contributed by atoms with E-state index in [1.54, 1.807) is 7.11 Å². The summed E-state index contributed by atoms with van der Waals surface area (Å²) in [5, 5.41) is 6.06. The fourth-order valence-electron chi connectivity index (χ4n) is 2.37. The summed E-state index contributed by atoms with van der Waals surface area (Å²) in [6.07, 6.45) is 1.93. The predicted octanol–water partition coefficient (Wildman–Crippen LogP) is 3.63. The fourth-order valence-corrected chi connectivity index (χ4v) is 2.37. The van der Waals surface area contributed by atoms with Gasteiger partial charge in [0.05, 0.1) is 18.9 Å². The van der Waals surface area contributed by atoms with Gasteiger partial charge in [0.15, 0.2) is 0 Å². The van der Waals surface area contributed by atoms with Crippen molar-refractivity contribution in [3.63, 3.8) is 0 Å². The minimum absolute atomic E-state index is 0.249. The molecule has 1 aliphatic rings. The molecule has 1 fully saturated rings. The van der Waals surface area contributed by atoms with Gasteiger partial charge in [-0.3, -0.25) is 5.32 Å². The molecule has 1 unspecified atom stereocenters. The van der Waals surface area contributed by atoms with Crippen LogP contribution in [0.3, 0.4) is 0 Å². The van der Waals surface area contributed by atoms with E-state index in [0.29, 0.717) is 11.4 Å². The summed E-state index contributed by atoms with van der Waals surface area (Å²) in [7, 11) is 1.56. The van der Waals surface area contributed by atoms with Crippen molar-refractivity contribution in [2.24, 2.45) is 0 Å². The zero-order valence-electron chi connectivity index (χ0n) is 14.3. The van der Waals surface area contributed by atoms with E-state index >= 15 is 0 Å². The van der Waals surface area contributed by atoms with Crippen LogP contribution in [0.4, 0.5) is 16.2 Å². The Labute approximate surface area is 137 Å². The smallest absolute Gasteiger partial charge is 0.412 e. The van der Waals surface area contributed by atoms with E-state index in [4.69, 9.17) is 14.2 Å². The highest BCUT2D eigenvalue weighted by Crippen LogP contribution is 2.28. The molecule has 0 aromatic heterocycles. The third-order valence-electron chi connectivity index (χ3n) is 3.39. The Morgan fingerprint density at radius 3 is 2.78 bits per heavy atom. The summed E-state index contributed by atoms with van der Waals surface area (Å²) in [4.78, 5) is 11.9. The molecule has 1 aromatic carbocycles. The summed E-state index contributed by atoms with van der Waals surface area (Å²) in [5.74, 6) is 0.582. The second-order valence-corrected chi connectivity index (χ2v) is 6.56. The van der Waals surface area contributed by atoms with E-state index in [9.17, 15) is 4.79 Å². The molecule has 0 spiro atoms. The van der Waals surface area contributed by atoms with Gasteiger partial charge in [0.25, 0.3) is 0 Å². The van der Waals surface area contributed by atoms with Crippen molar-refractivity contribution in [3.05, 3.63) is 18.2 Å². The van der Waals surface area contributed by atoms with Gasteiger partial charge in [-0.25, -0.2) is 4.79 Å². The normalized spacial score (nSPS) is 17.7. The minimum atomic E-state index is -0.549. The molecular formula is C17H26N2O4. The van der Waals surface area contributed by atoms with Crippen LogP contribution in [0.5, 0.6) is 5.75 Å². The number of carbonyl (C=O) groups is 1. The lowest BCUT2D eigenvalue weighted by Crippen LogP contribution is -2.27. The summed E-state index contributed by atoms with van der Waals surface area (Å²) < 4.78 is 16.2. The Balaban J connectivity index is 2.01. The maximum atomic E-state index is 11.9. The molecule has 1 aliphatic heterocycles. The number of carbonyl (C=O) groups excluding carboxylic acids is 1. The highest BCUT2D eigenvalue weighted by Gasteiger charge is 2.18. The second-order valence-electron chi connectivity index (χ2n) is 6.56. The number of anilines is 2. The van der Waals surface area contributed by atoms with Gasteiger partial charge in [0.2, 0.25) is 0 Å². The molecule has 0 saturated carbocycles. The van der Waals surface area contributed by atoms with Gasteiger partial charge in [0.1, 0.15) is 11.4 Å². The van der Waals surface area contributed by atoms with Crippen molar-refractivity contribution in [2.45, 2.75) is 45.3 Å². The quantitative estimate of drug-likeness (QED) is 0.866. The Hall–Kier alpha value is -1.95. The van der Waals surface area contributed by atoms with E-state index in [1.807, 2.05) is 39.0 Å². The molecule has 23 heavy (non-hydrogen) atoms. The van der Waals surface area contributed by atoms with Gasteiger partial charge in [-0.05, 0) is 51.8 Å². The van der Waals surface area contributed by atoms with E-state index in [-0.39, 0.29) is 6.10 Å². The molecule has 2 N–H and O–H groups in total. The first-order valence-corrected chi connectivity index (χ1v) is 7.91. The molecule has 0 aliphatic carbocycles. The summed E-state index contributed by atoms with van der Waals surface area (Å²) in [5.41, 5.74) is 0.916. The van der Waals surface area contributed by atoms with Gasteiger partial charge in [-0.15, -0.1) is 0 Å². The van der Waals surface area contributed by atoms with Crippen LogP contribution in [-0.2, 0) is 9.47 Å². The van der Waals surface area contributed by atoms with Gasteiger partial charge in [-0.1, -0.05) is 0 Å². The van der Waals surface area contributed by atoms with Crippen molar-refractivity contribution < 1.29 is 19.0 Å². The Kier molecular flexibility index (Phi) is 5.71. The number of ether oxygens (including phenoxy) is 3. The van der Waals surface area contributed by atoms with Gasteiger partial charge < -0.3 is 19.5 Å². The van der Waals surface area contributed by atoms with Crippen molar-refractivity contribution in [1.29, 1.82) is 0 Å². The van der Waals surface area contributed by atoms with Gasteiger partial charge in [-0.2, -0.15) is 0 Å². The monoisotopic (exact) mass is 322 g/mol. The summed E-state index contributed by atoms with van der Waals surface area (Å²) >= 11 is 0. The van der Waals surface area contributed by atoms with Crippen molar-refractivity contribution in [3.8, 4) is 5.75 Å². The zero-order chi connectivity index (χ0) is 16.9. The Morgan fingerprint density at radius 1 is 1.39 bits per heavy atom. The predicted molar refractivity (Wildman–Crippen MR) is 90.3 cm³/mol. The lowest BCUT2D eigenvalue weighted by atomic mass is 10.2. The van der Waals surface area contributed by atoms with Gasteiger partial charge in [0, 0.05) is 18.8 Å².